The van der Waals surface area contributed by atoms with Gasteiger partial charge in [0.15, 0.2) is 0 Å². The van der Waals surface area contributed by atoms with E-state index in [-0.39, 0.29) is 5.91 Å². The summed E-state index contributed by atoms with van der Waals surface area (Å²) >= 11 is 0. The van der Waals surface area contributed by atoms with E-state index in [2.05, 4.69) is 35.1 Å². The van der Waals surface area contributed by atoms with Gasteiger partial charge >= 0.3 is 0 Å². The van der Waals surface area contributed by atoms with Crippen molar-refractivity contribution in [2.75, 3.05) is 57.7 Å². The van der Waals surface area contributed by atoms with E-state index in [9.17, 15) is 4.79 Å². The van der Waals surface area contributed by atoms with Crippen LogP contribution in [0.1, 0.15) is 23.3 Å². The van der Waals surface area contributed by atoms with Crippen LogP contribution < -0.4 is 5.32 Å². The first-order valence-electron chi connectivity index (χ1n) is 13.1. The van der Waals surface area contributed by atoms with Crippen LogP contribution >= 0.6 is 0 Å². The number of hydrogen-bond donors (Lipinski definition) is 2. The summed E-state index contributed by atoms with van der Waals surface area (Å²) in [6.07, 6.45) is 6.13. The van der Waals surface area contributed by atoms with Gasteiger partial charge in [0.25, 0.3) is 5.91 Å². The summed E-state index contributed by atoms with van der Waals surface area (Å²) in [6.45, 7) is 8.12. The minimum absolute atomic E-state index is 0.0660. The molecule has 4 aromatic rings. The van der Waals surface area contributed by atoms with Crippen molar-refractivity contribution >= 4 is 28.4 Å². The van der Waals surface area contributed by atoms with Crippen LogP contribution in [0.3, 0.4) is 0 Å². The van der Waals surface area contributed by atoms with E-state index in [0.717, 1.165) is 67.2 Å². The predicted molar refractivity (Wildman–Crippen MR) is 145 cm³/mol. The van der Waals surface area contributed by atoms with Gasteiger partial charge in [-0.25, -0.2) is 9.97 Å². The largest absolute Gasteiger partial charge is 0.351 e. The Kier molecular flexibility index (Phi) is 6.79. The molecule has 2 fully saturated rings. The van der Waals surface area contributed by atoms with Crippen molar-refractivity contribution in [2.24, 2.45) is 0 Å². The van der Waals surface area contributed by atoms with Crippen LogP contribution in [0, 0.1) is 0 Å². The summed E-state index contributed by atoms with van der Waals surface area (Å²) in [5.41, 5.74) is 3.97. The maximum atomic E-state index is 13.2. The van der Waals surface area contributed by atoms with Gasteiger partial charge in [0.2, 0.25) is 5.95 Å². The van der Waals surface area contributed by atoms with Crippen LogP contribution in [0.5, 0.6) is 0 Å². The second kappa shape index (κ2) is 10.7. The van der Waals surface area contributed by atoms with Crippen molar-refractivity contribution < 1.29 is 4.79 Å². The zero-order chi connectivity index (χ0) is 25.0. The van der Waals surface area contributed by atoms with E-state index in [1.807, 2.05) is 53.4 Å². The molecule has 2 saturated heterocycles. The number of aromatic nitrogens is 4. The number of carbonyl (C=O) groups excluding carboxylic acids is 1. The number of rotatable bonds is 7. The van der Waals surface area contributed by atoms with Crippen molar-refractivity contribution in [3.8, 4) is 11.4 Å². The van der Waals surface area contributed by atoms with Gasteiger partial charge in [-0.1, -0.05) is 6.07 Å². The molecule has 2 aliphatic heterocycles. The minimum Gasteiger partial charge on any atom is -0.351 e. The van der Waals surface area contributed by atoms with E-state index in [1.165, 1.54) is 25.9 Å². The first-order chi connectivity index (χ1) is 18.2. The number of amides is 1. The molecular formula is C28H32N8O. The molecule has 9 heteroatoms. The number of nitrogens with zero attached hydrogens (tertiary/aromatic N) is 6. The second-order valence-electron chi connectivity index (χ2n) is 9.77. The Bertz CT molecular complexity index is 1360. The number of fused-ring (bicyclic) bond motifs is 1. The summed E-state index contributed by atoms with van der Waals surface area (Å²) in [4.78, 5) is 36.8. The fourth-order valence-corrected chi connectivity index (χ4v) is 5.16. The third-order valence-electron chi connectivity index (χ3n) is 7.28. The molecule has 0 spiro atoms. The smallest absolute Gasteiger partial charge is 0.270 e. The summed E-state index contributed by atoms with van der Waals surface area (Å²) in [5.74, 6) is 0.563. The van der Waals surface area contributed by atoms with Crippen molar-refractivity contribution in [1.82, 2.24) is 34.6 Å². The molecule has 0 radical (unpaired) electrons. The Morgan fingerprint density at radius 1 is 0.838 bits per heavy atom. The highest BCUT2D eigenvalue weighted by Gasteiger charge is 2.24. The summed E-state index contributed by atoms with van der Waals surface area (Å²) < 4.78 is 0. The van der Waals surface area contributed by atoms with Gasteiger partial charge in [-0.15, -0.1) is 0 Å². The molecule has 190 valence electrons. The summed E-state index contributed by atoms with van der Waals surface area (Å²) in [7, 11) is 0. The molecule has 0 bridgehead atoms. The lowest BCUT2D eigenvalue weighted by Gasteiger charge is -2.35. The Balaban J connectivity index is 1.09. The van der Waals surface area contributed by atoms with Crippen LogP contribution in [-0.4, -0.2) is 92.9 Å². The van der Waals surface area contributed by atoms with Gasteiger partial charge in [0.05, 0.1) is 11.4 Å². The Morgan fingerprint density at radius 2 is 1.65 bits per heavy atom. The van der Waals surface area contributed by atoms with Gasteiger partial charge in [-0.05, 0) is 68.4 Å². The highest BCUT2D eigenvalue weighted by Crippen LogP contribution is 2.24. The summed E-state index contributed by atoms with van der Waals surface area (Å²) in [6, 6.07) is 15.5. The lowest BCUT2D eigenvalue weighted by molar-refractivity contribution is 0.0622. The van der Waals surface area contributed by atoms with Crippen LogP contribution in [0.4, 0.5) is 11.6 Å². The highest BCUT2D eigenvalue weighted by molar-refractivity contribution is 5.98. The van der Waals surface area contributed by atoms with Crippen LogP contribution in [-0.2, 0) is 0 Å². The molecule has 0 saturated carbocycles. The molecule has 0 aliphatic carbocycles. The molecule has 0 atom stereocenters. The van der Waals surface area contributed by atoms with Crippen molar-refractivity contribution in [2.45, 2.75) is 12.8 Å². The van der Waals surface area contributed by atoms with Crippen LogP contribution in [0.25, 0.3) is 22.3 Å². The Hall–Kier alpha value is -3.82. The molecule has 6 rings (SSSR count). The average molecular weight is 497 g/mol. The lowest BCUT2D eigenvalue weighted by atomic mass is 10.2. The monoisotopic (exact) mass is 496 g/mol. The number of carbonyl (C=O) groups is 1. The van der Waals surface area contributed by atoms with Crippen molar-refractivity contribution in [3.63, 3.8) is 0 Å². The maximum Gasteiger partial charge on any atom is 0.270 e. The number of nitrogens with one attached hydrogen (secondary N) is 2. The standard InChI is InChI=1S/C28H32N8O/c37-27(36-17-15-35(16-18-36)14-13-34-11-3-4-12-34)26-20-21-19-22(6-7-23(21)32-26)31-28-30-10-8-25(33-28)24-5-1-2-9-29-24/h1-2,5-10,19-20,32H,3-4,11-18H2,(H,30,31,33). The third-order valence-corrected chi connectivity index (χ3v) is 7.28. The predicted octanol–water partition coefficient (Wildman–Crippen LogP) is 3.62. The number of H-pyrrole nitrogens is 1. The van der Waals surface area contributed by atoms with Crippen molar-refractivity contribution in [3.05, 3.63) is 66.6 Å². The topological polar surface area (TPSA) is 93.3 Å². The van der Waals surface area contributed by atoms with Crippen LogP contribution in [0.15, 0.2) is 60.9 Å². The molecule has 2 aliphatic rings. The van der Waals surface area contributed by atoms with Crippen molar-refractivity contribution in [1.29, 1.82) is 0 Å². The number of aromatic amines is 1. The average Bonchev–Trinajstić information content (AvgIpc) is 3.62. The molecule has 5 heterocycles. The van der Waals surface area contributed by atoms with Gasteiger partial charge in [-0.2, -0.15) is 0 Å². The molecule has 1 amide bonds. The number of pyridine rings is 1. The maximum absolute atomic E-state index is 13.2. The fourth-order valence-electron chi connectivity index (χ4n) is 5.16. The van der Waals surface area contributed by atoms with Gasteiger partial charge < -0.3 is 20.1 Å². The number of likely N-dealkylation sites (tertiary alicyclic amines) is 1. The molecule has 37 heavy (non-hydrogen) atoms. The third kappa shape index (κ3) is 5.47. The Labute approximate surface area is 216 Å². The first kappa shape index (κ1) is 23.6. The Morgan fingerprint density at radius 3 is 2.43 bits per heavy atom. The summed E-state index contributed by atoms with van der Waals surface area (Å²) in [5, 5.41) is 4.25. The molecule has 2 N–H and O–H groups in total. The van der Waals surface area contributed by atoms with E-state index < -0.39 is 0 Å². The van der Waals surface area contributed by atoms with E-state index in [4.69, 9.17) is 0 Å². The van der Waals surface area contributed by atoms with Gasteiger partial charge in [-0.3, -0.25) is 14.7 Å². The molecular weight excluding hydrogens is 464 g/mol. The minimum atomic E-state index is 0.0660. The normalized spacial score (nSPS) is 16.9. The quantitative estimate of drug-likeness (QED) is 0.404. The lowest BCUT2D eigenvalue weighted by Crippen LogP contribution is -2.50. The SMILES string of the molecule is O=C(c1cc2cc(Nc3nccc(-c4ccccn4)n3)ccc2[nH]1)N1CCN(CCN2CCCC2)CC1. The van der Waals surface area contributed by atoms with Crippen LogP contribution in [0.2, 0.25) is 0 Å². The van der Waals surface area contributed by atoms with E-state index >= 15 is 0 Å². The fraction of sp³-hybridized carbons (Fsp3) is 0.357. The first-order valence-corrected chi connectivity index (χ1v) is 13.1. The van der Waals surface area contributed by atoms with Gasteiger partial charge in [0.1, 0.15) is 5.69 Å². The molecule has 3 aromatic heterocycles. The van der Waals surface area contributed by atoms with E-state index in [1.54, 1.807) is 12.4 Å². The zero-order valence-electron chi connectivity index (χ0n) is 20.9. The molecule has 1 aromatic carbocycles. The number of hydrogen-bond acceptors (Lipinski definition) is 7. The van der Waals surface area contributed by atoms with Gasteiger partial charge in [0, 0.05) is 68.3 Å². The molecule has 0 unspecified atom stereocenters. The number of piperazine rings is 1. The molecule has 9 nitrogen and oxygen atoms in total. The second-order valence-corrected chi connectivity index (χ2v) is 9.77. The zero-order valence-corrected chi connectivity index (χ0v) is 20.9. The van der Waals surface area contributed by atoms with E-state index in [0.29, 0.717) is 11.6 Å². The number of benzene rings is 1. The number of anilines is 2. The highest BCUT2D eigenvalue weighted by atomic mass is 16.2.